The van der Waals surface area contributed by atoms with Crippen LogP contribution in [0.4, 0.5) is 0 Å². The second-order valence-corrected chi connectivity index (χ2v) is 3.63. The zero-order chi connectivity index (χ0) is 13.0. The summed E-state index contributed by atoms with van der Waals surface area (Å²) in [6.07, 6.45) is 0. The first kappa shape index (κ1) is 19.6. The Hall–Kier alpha value is -0.771. The van der Waals surface area contributed by atoms with Gasteiger partial charge in [0.05, 0.1) is 0 Å². The van der Waals surface area contributed by atoms with Gasteiger partial charge in [0, 0.05) is 17.1 Å². The summed E-state index contributed by atoms with van der Waals surface area (Å²) in [7, 11) is -4.89. The summed E-state index contributed by atoms with van der Waals surface area (Å²) in [5.41, 5.74) is 0. The number of rotatable bonds is 0. The Morgan fingerprint density at radius 3 is 0.944 bits per heavy atom. The maximum atomic E-state index is 8.77. The van der Waals surface area contributed by atoms with Gasteiger partial charge in [0.15, 0.2) is 8.17 Å². The molecule has 6 heteroatoms. The largest absolute Gasteiger partial charge is 0.635 e. The van der Waals surface area contributed by atoms with Gasteiger partial charge < -0.3 is 9.79 Å². The van der Waals surface area contributed by atoms with E-state index in [4.69, 9.17) is 19.6 Å². The minimum Gasteiger partial charge on any atom is -0.635 e. The Labute approximate surface area is 118 Å². The van der Waals surface area contributed by atoms with Crippen molar-refractivity contribution in [1.82, 2.24) is 0 Å². The van der Waals surface area contributed by atoms with Crippen LogP contribution in [0.3, 0.4) is 0 Å². The molecule has 18 heavy (non-hydrogen) atoms. The van der Waals surface area contributed by atoms with Gasteiger partial charge in [-0.2, -0.15) is 0 Å². The van der Waals surface area contributed by atoms with Gasteiger partial charge in [-0.05, 0) is 12.1 Å². The van der Waals surface area contributed by atoms with Gasteiger partial charge >= 0.3 is 0 Å². The van der Waals surface area contributed by atoms with Gasteiger partial charge in [0.2, 0.25) is 0 Å². The molecule has 2 rings (SSSR count). The predicted octanol–water partition coefficient (Wildman–Crippen LogP) is 0.340. The molecule has 0 spiro atoms. The quantitative estimate of drug-likeness (QED) is 0.543. The van der Waals surface area contributed by atoms with E-state index in [-0.39, 0.29) is 17.1 Å². The van der Waals surface area contributed by atoms with E-state index >= 15 is 0 Å². The maximum Gasteiger partial charge on any atom is 0.189 e. The van der Waals surface area contributed by atoms with Gasteiger partial charge in [0.25, 0.3) is 0 Å². The summed E-state index contributed by atoms with van der Waals surface area (Å²) >= 11 is 0. The summed E-state index contributed by atoms with van der Waals surface area (Å²) < 4.78 is 0. The maximum absolute atomic E-state index is 8.77. The van der Waals surface area contributed by atoms with Crippen LogP contribution < -0.4 is 9.79 Å². The molecule has 0 bridgehead atoms. The van der Waals surface area contributed by atoms with Crippen LogP contribution in [0.25, 0.3) is 0 Å². The number of hydrogen-bond acceptors (Lipinski definition) is 4. The van der Waals surface area contributed by atoms with Crippen LogP contribution in [-0.4, -0.2) is 9.79 Å². The Morgan fingerprint density at radius 1 is 0.667 bits per heavy atom. The molecule has 2 aromatic rings. The Balaban J connectivity index is 0. The first-order valence-corrected chi connectivity index (χ1v) is 6.12. The third-order valence-corrected chi connectivity index (χ3v) is 1.21. The molecule has 0 aliphatic rings. The summed E-state index contributed by atoms with van der Waals surface area (Å²) in [6, 6.07) is 25.0. The molecular weight excluding hydrogens is 295 g/mol. The number of phosphoric acid groups is 1. The van der Waals surface area contributed by atoms with Crippen LogP contribution >= 0.6 is 8.17 Å². The second-order valence-electron chi connectivity index (χ2n) is 2.65. The van der Waals surface area contributed by atoms with Gasteiger partial charge in [-0.15, -0.1) is 0 Å². The molecule has 2 radical (unpaired) electrons. The minimum atomic E-state index is -4.89. The van der Waals surface area contributed by atoms with Crippen LogP contribution in [0.1, 0.15) is 0 Å². The van der Waals surface area contributed by atoms with E-state index in [0.717, 1.165) is 0 Å². The fourth-order valence-electron chi connectivity index (χ4n) is 0.684. The van der Waals surface area contributed by atoms with Crippen LogP contribution in [0.2, 0.25) is 0 Å². The standard InChI is InChI=1S/2C6H5.Fe.H3O4P/c2*1-2-4-6-5-3-1;;1-5(2,3)4/h2*1-5H;;(H3,1,2,3,4)/p-1. The average Bonchev–Trinajstić information content (AvgIpc) is 2.32. The van der Waals surface area contributed by atoms with Crippen molar-refractivity contribution in [3.8, 4) is 0 Å². The zero-order valence-corrected chi connectivity index (χ0v) is 11.3. The molecule has 98 valence electrons. The molecule has 2 aromatic carbocycles. The van der Waals surface area contributed by atoms with Crippen LogP contribution in [0.15, 0.2) is 60.7 Å². The van der Waals surface area contributed by atoms with E-state index in [1.165, 1.54) is 0 Å². The summed E-state index contributed by atoms with van der Waals surface area (Å²) in [5.74, 6) is 0. The molecule has 0 heterocycles. The van der Waals surface area contributed by atoms with Crippen molar-refractivity contribution in [2.24, 2.45) is 0 Å². The molecular formula is C12H12FeO4P-. The monoisotopic (exact) mass is 307 g/mol. The SMILES string of the molecule is [Fe].[O-][P+]([O-])(O)O.[c]1ccccc1.[c]1ccccc1. The first-order valence-electron chi connectivity index (χ1n) is 4.59. The fourth-order valence-corrected chi connectivity index (χ4v) is 0.684. The van der Waals surface area contributed by atoms with Crippen molar-refractivity contribution in [2.45, 2.75) is 0 Å². The van der Waals surface area contributed by atoms with E-state index in [0.29, 0.717) is 0 Å². The van der Waals surface area contributed by atoms with Crippen LogP contribution in [-0.2, 0) is 17.1 Å². The van der Waals surface area contributed by atoms with Crippen molar-refractivity contribution >= 4 is 8.17 Å². The number of benzene rings is 2. The molecule has 0 amide bonds. The second kappa shape index (κ2) is 12.7. The van der Waals surface area contributed by atoms with E-state index < -0.39 is 8.17 Å². The fraction of sp³-hybridized carbons (Fsp3) is 0. The Bertz CT molecular complexity index is 263. The molecule has 0 saturated carbocycles. The smallest absolute Gasteiger partial charge is 0.189 e. The van der Waals surface area contributed by atoms with E-state index in [2.05, 4.69) is 12.1 Å². The molecule has 2 N–H and O–H groups in total. The molecule has 0 atom stereocenters. The third kappa shape index (κ3) is 24.5. The molecule has 0 fully saturated rings. The normalized spacial score (nSPS) is 8.67. The van der Waals surface area contributed by atoms with Crippen molar-refractivity contribution in [3.05, 3.63) is 72.8 Å². The molecule has 0 aromatic heterocycles. The van der Waals surface area contributed by atoms with Crippen molar-refractivity contribution in [1.29, 1.82) is 0 Å². The summed E-state index contributed by atoms with van der Waals surface area (Å²) in [5, 5.41) is 0. The minimum absolute atomic E-state index is 0. The first-order chi connectivity index (χ1) is 8.00. The zero-order valence-electron chi connectivity index (χ0n) is 9.29. The van der Waals surface area contributed by atoms with Crippen molar-refractivity contribution in [3.63, 3.8) is 0 Å². The van der Waals surface area contributed by atoms with Gasteiger partial charge in [-0.25, -0.2) is 9.79 Å². The Morgan fingerprint density at radius 2 is 0.889 bits per heavy atom. The predicted molar refractivity (Wildman–Crippen MR) is 61.9 cm³/mol. The third-order valence-electron chi connectivity index (χ3n) is 1.21. The van der Waals surface area contributed by atoms with E-state index in [1.807, 2.05) is 60.7 Å². The van der Waals surface area contributed by atoms with E-state index in [9.17, 15) is 0 Å². The topological polar surface area (TPSA) is 86.6 Å². The van der Waals surface area contributed by atoms with Gasteiger partial charge in [0.1, 0.15) is 0 Å². The average molecular weight is 307 g/mol. The van der Waals surface area contributed by atoms with Crippen molar-refractivity contribution in [2.75, 3.05) is 0 Å². The molecule has 0 aliphatic carbocycles. The molecule has 0 saturated heterocycles. The van der Waals surface area contributed by atoms with E-state index in [1.54, 1.807) is 0 Å². The van der Waals surface area contributed by atoms with Gasteiger partial charge in [-0.1, -0.05) is 60.7 Å². The molecule has 0 aliphatic heterocycles. The van der Waals surface area contributed by atoms with Crippen molar-refractivity contribution < 1.29 is 36.6 Å². The number of hydrogen-bond donors (Lipinski definition) is 2. The van der Waals surface area contributed by atoms with Crippen LogP contribution in [0.5, 0.6) is 0 Å². The summed E-state index contributed by atoms with van der Waals surface area (Å²) in [4.78, 5) is 31.7. The van der Waals surface area contributed by atoms with Crippen LogP contribution in [0, 0.1) is 12.1 Å². The molecule has 0 unspecified atom stereocenters. The van der Waals surface area contributed by atoms with Gasteiger partial charge in [-0.3, -0.25) is 0 Å². The Kier molecular flexibility index (Phi) is 13.8. The summed E-state index contributed by atoms with van der Waals surface area (Å²) in [6.45, 7) is 0. The molecule has 4 nitrogen and oxygen atoms in total.